The predicted molar refractivity (Wildman–Crippen MR) is 105 cm³/mol. The fourth-order valence-corrected chi connectivity index (χ4v) is 3.18. The van der Waals surface area contributed by atoms with Crippen molar-refractivity contribution in [3.05, 3.63) is 64.7 Å². The van der Waals surface area contributed by atoms with Gasteiger partial charge in [-0.15, -0.1) is 11.6 Å². The average Bonchev–Trinajstić information content (AvgIpc) is 2.62. The molecule has 2 aromatic rings. The molecule has 3 rings (SSSR count). The number of halogens is 2. The van der Waals surface area contributed by atoms with E-state index < -0.39 is 4.87 Å². The maximum atomic E-state index is 6.85. The molecule has 0 bridgehead atoms. The lowest BCUT2D eigenvalue weighted by atomic mass is 9.90. The van der Waals surface area contributed by atoms with Gasteiger partial charge < -0.3 is 5.73 Å². The van der Waals surface area contributed by atoms with Gasteiger partial charge in [0, 0.05) is 17.8 Å². The van der Waals surface area contributed by atoms with Gasteiger partial charge in [0.25, 0.3) is 0 Å². The maximum absolute atomic E-state index is 6.85. The molecule has 1 unspecified atom stereocenters. The van der Waals surface area contributed by atoms with Crippen LogP contribution in [0.2, 0.25) is 5.02 Å². The summed E-state index contributed by atoms with van der Waals surface area (Å²) in [5.41, 5.74) is 8.52. The van der Waals surface area contributed by atoms with Gasteiger partial charge in [-0.05, 0) is 35.4 Å². The van der Waals surface area contributed by atoms with Crippen LogP contribution >= 0.6 is 35.4 Å². The van der Waals surface area contributed by atoms with E-state index >= 15 is 0 Å². The van der Waals surface area contributed by atoms with Crippen molar-refractivity contribution in [3.8, 4) is 0 Å². The SMILES string of the molecule is NC(=S)C(Cl)(c1ccc(Cl)cc1)c1ccc(N2CNCC=N2)cc1. The molecule has 0 saturated carbocycles. The quantitative estimate of drug-likeness (QED) is 0.631. The molecule has 7 heteroatoms. The van der Waals surface area contributed by atoms with Gasteiger partial charge >= 0.3 is 0 Å². The molecule has 24 heavy (non-hydrogen) atoms. The Morgan fingerprint density at radius 3 is 2.21 bits per heavy atom. The zero-order chi connectivity index (χ0) is 17.2. The zero-order valence-electron chi connectivity index (χ0n) is 12.7. The number of rotatable bonds is 4. The van der Waals surface area contributed by atoms with E-state index in [9.17, 15) is 0 Å². The van der Waals surface area contributed by atoms with Crippen LogP contribution < -0.4 is 16.1 Å². The molecule has 0 saturated heterocycles. The van der Waals surface area contributed by atoms with Gasteiger partial charge in [-0.1, -0.05) is 48.1 Å². The summed E-state index contributed by atoms with van der Waals surface area (Å²) in [6.45, 7) is 1.44. The van der Waals surface area contributed by atoms with Crippen LogP contribution in [0, 0.1) is 0 Å². The minimum absolute atomic E-state index is 0.192. The van der Waals surface area contributed by atoms with Crippen molar-refractivity contribution < 1.29 is 0 Å². The first-order chi connectivity index (χ1) is 11.5. The number of anilines is 1. The highest BCUT2D eigenvalue weighted by atomic mass is 35.5. The topological polar surface area (TPSA) is 53.6 Å². The predicted octanol–water partition coefficient (Wildman–Crippen LogP) is 3.46. The molecule has 0 aliphatic carbocycles. The molecule has 0 spiro atoms. The van der Waals surface area contributed by atoms with Crippen LogP contribution in [0.15, 0.2) is 53.6 Å². The van der Waals surface area contributed by atoms with E-state index in [2.05, 4.69) is 10.4 Å². The second kappa shape index (κ2) is 7.07. The Bertz CT molecular complexity index is 761. The fourth-order valence-electron chi connectivity index (χ4n) is 2.57. The standard InChI is InChI=1S/C17H16Cl2N4S/c18-14-5-1-12(2-6-14)17(19,16(20)24)13-3-7-15(8-4-13)23-11-21-9-10-22-23/h1-8,10,21H,9,11H2,(H2,20,24). The number of nitrogens with two attached hydrogens (primary N) is 1. The number of alkyl halides is 1. The largest absolute Gasteiger partial charge is 0.391 e. The number of nitrogens with zero attached hydrogens (tertiary/aromatic N) is 2. The highest BCUT2D eigenvalue weighted by Crippen LogP contribution is 2.38. The Morgan fingerprint density at radius 1 is 1.12 bits per heavy atom. The molecule has 1 atom stereocenters. The Morgan fingerprint density at radius 2 is 1.71 bits per heavy atom. The summed E-state index contributed by atoms with van der Waals surface area (Å²) >= 11 is 18.1. The summed E-state index contributed by atoms with van der Waals surface area (Å²) in [6.07, 6.45) is 1.83. The molecule has 4 nitrogen and oxygen atoms in total. The van der Waals surface area contributed by atoms with Crippen LogP contribution in [0.3, 0.4) is 0 Å². The van der Waals surface area contributed by atoms with Crippen molar-refractivity contribution in [2.45, 2.75) is 4.87 Å². The van der Waals surface area contributed by atoms with Gasteiger partial charge in [-0.3, -0.25) is 10.3 Å². The molecule has 124 valence electrons. The van der Waals surface area contributed by atoms with Gasteiger partial charge in [-0.25, -0.2) is 0 Å². The Kier molecular flexibility index (Phi) is 5.06. The molecule has 0 aromatic heterocycles. The molecule has 0 radical (unpaired) electrons. The van der Waals surface area contributed by atoms with E-state index in [0.717, 1.165) is 23.4 Å². The number of hydrogen-bond donors (Lipinski definition) is 2. The molecule has 0 amide bonds. The lowest BCUT2D eigenvalue weighted by Gasteiger charge is -2.28. The lowest BCUT2D eigenvalue weighted by Crippen LogP contribution is -2.37. The van der Waals surface area contributed by atoms with E-state index in [4.69, 9.17) is 41.2 Å². The summed E-state index contributed by atoms with van der Waals surface area (Å²) in [4.78, 5) is -0.890. The van der Waals surface area contributed by atoms with Crippen molar-refractivity contribution >= 4 is 52.3 Å². The average molecular weight is 379 g/mol. The highest BCUT2D eigenvalue weighted by molar-refractivity contribution is 7.80. The Hall–Kier alpha value is -1.66. The molecule has 1 aliphatic heterocycles. The number of benzene rings is 2. The first-order valence-corrected chi connectivity index (χ1v) is 8.54. The number of hydrogen-bond acceptors (Lipinski definition) is 4. The van der Waals surface area contributed by atoms with Gasteiger partial charge in [0.05, 0.1) is 12.4 Å². The summed E-state index contributed by atoms with van der Waals surface area (Å²) in [7, 11) is 0. The molecular weight excluding hydrogens is 363 g/mol. The van der Waals surface area contributed by atoms with Gasteiger partial charge in [0.2, 0.25) is 0 Å². The van der Waals surface area contributed by atoms with Crippen LogP contribution in [0.5, 0.6) is 0 Å². The molecule has 0 fully saturated rings. The number of thiocarbonyl (C=S) groups is 1. The van der Waals surface area contributed by atoms with Crippen molar-refractivity contribution in [1.82, 2.24) is 5.32 Å². The smallest absolute Gasteiger partial charge is 0.144 e. The lowest BCUT2D eigenvalue weighted by molar-refractivity contribution is 0.693. The molecular formula is C17H16Cl2N4S. The van der Waals surface area contributed by atoms with Crippen LogP contribution in [-0.4, -0.2) is 24.4 Å². The third-order valence-electron chi connectivity index (χ3n) is 3.86. The van der Waals surface area contributed by atoms with Gasteiger partial charge in [-0.2, -0.15) is 5.10 Å². The normalized spacial score (nSPS) is 16.7. The Labute approximate surface area is 156 Å². The van der Waals surface area contributed by atoms with Crippen LogP contribution in [0.4, 0.5) is 5.69 Å². The van der Waals surface area contributed by atoms with Crippen LogP contribution in [0.1, 0.15) is 11.1 Å². The second-order valence-corrected chi connectivity index (χ2v) is 6.83. The third kappa shape index (κ3) is 3.26. The van der Waals surface area contributed by atoms with Crippen molar-refractivity contribution in [2.75, 3.05) is 18.2 Å². The molecule has 1 heterocycles. The van der Waals surface area contributed by atoms with E-state index in [0.29, 0.717) is 11.7 Å². The van der Waals surface area contributed by atoms with Crippen molar-refractivity contribution in [3.63, 3.8) is 0 Å². The molecule has 3 N–H and O–H groups in total. The van der Waals surface area contributed by atoms with Crippen LogP contribution in [-0.2, 0) is 4.87 Å². The second-order valence-electron chi connectivity index (χ2n) is 5.39. The van der Waals surface area contributed by atoms with E-state index in [1.54, 1.807) is 12.1 Å². The van der Waals surface area contributed by atoms with Gasteiger partial charge in [0.15, 0.2) is 0 Å². The monoisotopic (exact) mass is 378 g/mol. The van der Waals surface area contributed by atoms with Crippen LogP contribution in [0.25, 0.3) is 0 Å². The molecule has 2 aromatic carbocycles. The first kappa shape index (κ1) is 17.2. The van der Waals surface area contributed by atoms with Crippen molar-refractivity contribution in [1.29, 1.82) is 0 Å². The third-order valence-corrected chi connectivity index (χ3v) is 5.17. The minimum Gasteiger partial charge on any atom is -0.391 e. The van der Waals surface area contributed by atoms with E-state index in [1.807, 2.05) is 47.6 Å². The first-order valence-electron chi connectivity index (χ1n) is 7.38. The highest BCUT2D eigenvalue weighted by Gasteiger charge is 2.35. The minimum atomic E-state index is -1.08. The summed E-state index contributed by atoms with van der Waals surface area (Å²) in [5, 5.41) is 10.1. The van der Waals surface area contributed by atoms with Crippen molar-refractivity contribution in [2.24, 2.45) is 10.8 Å². The summed E-state index contributed by atoms with van der Waals surface area (Å²) in [6, 6.07) is 14.9. The number of hydrazone groups is 1. The zero-order valence-corrected chi connectivity index (χ0v) is 15.1. The fraction of sp³-hybridized carbons (Fsp3) is 0.176. The van der Waals surface area contributed by atoms with E-state index in [1.165, 1.54) is 0 Å². The summed E-state index contributed by atoms with van der Waals surface area (Å²) < 4.78 is 0. The Balaban J connectivity index is 1.97. The summed E-state index contributed by atoms with van der Waals surface area (Å²) in [5.74, 6) is 0. The molecule has 1 aliphatic rings. The van der Waals surface area contributed by atoms with Gasteiger partial charge in [0.1, 0.15) is 9.86 Å². The maximum Gasteiger partial charge on any atom is 0.144 e. The van der Waals surface area contributed by atoms with E-state index in [-0.39, 0.29) is 4.99 Å². The number of nitrogens with one attached hydrogen (secondary N) is 1.